The molecular formula is C15H27ClN2O2. The first kappa shape index (κ1) is 17.5. The molecule has 20 heavy (non-hydrogen) atoms. The van der Waals surface area contributed by atoms with E-state index in [-0.39, 0.29) is 13.2 Å². The standard InChI is InChI=1S/C15H27ClN2O2/c1-5-12-14(16)13(18(6-2)17-12)8-15(9-19,10-20)7-11(3)4/h11,19-20H,5-10H2,1-4H3. The molecule has 0 saturated heterocycles. The molecule has 0 saturated carbocycles. The Bertz CT molecular complexity index is 426. The van der Waals surface area contributed by atoms with Gasteiger partial charge in [-0.3, -0.25) is 4.68 Å². The van der Waals surface area contributed by atoms with Crippen LogP contribution in [0.15, 0.2) is 0 Å². The van der Waals surface area contributed by atoms with Crippen LogP contribution in [0.25, 0.3) is 0 Å². The molecule has 0 aliphatic carbocycles. The van der Waals surface area contributed by atoms with Gasteiger partial charge in [-0.1, -0.05) is 32.4 Å². The van der Waals surface area contributed by atoms with E-state index in [0.717, 1.165) is 30.8 Å². The smallest absolute Gasteiger partial charge is 0.0850 e. The Morgan fingerprint density at radius 3 is 2.25 bits per heavy atom. The first-order valence-electron chi connectivity index (χ1n) is 7.38. The molecule has 0 radical (unpaired) electrons. The van der Waals surface area contributed by atoms with Gasteiger partial charge in [-0.25, -0.2) is 0 Å². The van der Waals surface area contributed by atoms with Crippen LogP contribution in [0.1, 0.15) is 45.5 Å². The fourth-order valence-corrected chi connectivity index (χ4v) is 3.11. The molecule has 1 aromatic rings. The first-order valence-corrected chi connectivity index (χ1v) is 7.76. The molecule has 116 valence electrons. The van der Waals surface area contributed by atoms with Crippen molar-refractivity contribution in [3.05, 3.63) is 16.4 Å². The van der Waals surface area contributed by atoms with Gasteiger partial charge in [-0.15, -0.1) is 0 Å². The second-order valence-electron chi connectivity index (χ2n) is 5.97. The van der Waals surface area contributed by atoms with E-state index in [1.54, 1.807) is 0 Å². The highest BCUT2D eigenvalue weighted by atomic mass is 35.5. The number of rotatable bonds is 8. The van der Waals surface area contributed by atoms with Crippen molar-refractivity contribution in [2.45, 2.75) is 53.5 Å². The summed E-state index contributed by atoms with van der Waals surface area (Å²) in [6.07, 6.45) is 2.10. The zero-order valence-corrected chi connectivity index (χ0v) is 13.7. The van der Waals surface area contributed by atoms with Crippen molar-refractivity contribution in [2.75, 3.05) is 13.2 Å². The monoisotopic (exact) mass is 302 g/mol. The summed E-state index contributed by atoms with van der Waals surface area (Å²) in [6, 6.07) is 0. The molecule has 0 aliphatic heterocycles. The molecule has 0 aromatic carbocycles. The highest BCUT2D eigenvalue weighted by molar-refractivity contribution is 6.31. The summed E-state index contributed by atoms with van der Waals surface area (Å²) in [7, 11) is 0. The highest BCUT2D eigenvalue weighted by Gasteiger charge is 2.33. The lowest BCUT2D eigenvalue weighted by molar-refractivity contribution is 0.0354. The van der Waals surface area contributed by atoms with Crippen LogP contribution in [0.5, 0.6) is 0 Å². The van der Waals surface area contributed by atoms with Crippen molar-refractivity contribution in [2.24, 2.45) is 11.3 Å². The second-order valence-corrected chi connectivity index (χ2v) is 6.35. The summed E-state index contributed by atoms with van der Waals surface area (Å²) in [4.78, 5) is 0. The average Bonchev–Trinajstić information content (AvgIpc) is 2.73. The maximum atomic E-state index is 9.77. The zero-order chi connectivity index (χ0) is 15.3. The second kappa shape index (κ2) is 7.43. The van der Waals surface area contributed by atoms with E-state index in [4.69, 9.17) is 11.6 Å². The van der Waals surface area contributed by atoms with Crippen LogP contribution in [-0.2, 0) is 19.4 Å². The summed E-state index contributed by atoms with van der Waals surface area (Å²) < 4.78 is 1.89. The van der Waals surface area contributed by atoms with Crippen LogP contribution in [-0.4, -0.2) is 33.2 Å². The molecule has 0 unspecified atom stereocenters. The summed E-state index contributed by atoms with van der Waals surface area (Å²) in [5.41, 5.74) is 1.28. The molecule has 1 rings (SSSR count). The lowest BCUT2D eigenvalue weighted by atomic mass is 9.77. The van der Waals surface area contributed by atoms with Gasteiger partial charge in [0.05, 0.1) is 29.6 Å². The van der Waals surface area contributed by atoms with E-state index >= 15 is 0 Å². The van der Waals surface area contributed by atoms with Crippen molar-refractivity contribution in [3.63, 3.8) is 0 Å². The third-order valence-electron chi connectivity index (χ3n) is 3.75. The van der Waals surface area contributed by atoms with E-state index in [2.05, 4.69) is 18.9 Å². The number of aliphatic hydroxyl groups excluding tert-OH is 2. The third kappa shape index (κ3) is 3.74. The van der Waals surface area contributed by atoms with E-state index in [1.807, 2.05) is 18.5 Å². The van der Waals surface area contributed by atoms with Gasteiger partial charge in [0, 0.05) is 18.4 Å². The quantitative estimate of drug-likeness (QED) is 0.776. The number of hydrogen-bond donors (Lipinski definition) is 2. The molecule has 1 aromatic heterocycles. The molecule has 0 fully saturated rings. The lowest BCUT2D eigenvalue weighted by Gasteiger charge is -2.31. The molecule has 0 amide bonds. The van der Waals surface area contributed by atoms with Crippen molar-refractivity contribution < 1.29 is 10.2 Å². The number of halogens is 1. The van der Waals surface area contributed by atoms with Gasteiger partial charge in [0.25, 0.3) is 0 Å². The third-order valence-corrected chi connectivity index (χ3v) is 4.18. The van der Waals surface area contributed by atoms with Crippen LogP contribution in [0.3, 0.4) is 0 Å². The van der Waals surface area contributed by atoms with Gasteiger partial charge in [-0.05, 0) is 25.7 Å². The van der Waals surface area contributed by atoms with E-state index in [0.29, 0.717) is 17.4 Å². The van der Waals surface area contributed by atoms with Crippen LogP contribution >= 0.6 is 11.6 Å². The van der Waals surface area contributed by atoms with Gasteiger partial charge < -0.3 is 10.2 Å². The Morgan fingerprint density at radius 1 is 1.25 bits per heavy atom. The van der Waals surface area contributed by atoms with Gasteiger partial charge in [0.15, 0.2) is 0 Å². The predicted octanol–water partition coefficient (Wildman–Crippen LogP) is 2.68. The topological polar surface area (TPSA) is 58.3 Å². The highest BCUT2D eigenvalue weighted by Crippen LogP contribution is 2.34. The van der Waals surface area contributed by atoms with Gasteiger partial charge >= 0.3 is 0 Å². The van der Waals surface area contributed by atoms with E-state index in [1.165, 1.54) is 0 Å². The lowest BCUT2D eigenvalue weighted by Crippen LogP contribution is -2.35. The largest absolute Gasteiger partial charge is 0.396 e. The fraction of sp³-hybridized carbons (Fsp3) is 0.800. The summed E-state index contributed by atoms with van der Waals surface area (Å²) >= 11 is 6.42. The van der Waals surface area contributed by atoms with E-state index < -0.39 is 5.41 Å². The molecule has 0 spiro atoms. The molecular weight excluding hydrogens is 276 g/mol. The number of aryl methyl sites for hydroxylation is 2. The maximum absolute atomic E-state index is 9.77. The van der Waals surface area contributed by atoms with Crippen molar-refractivity contribution in [1.29, 1.82) is 0 Å². The molecule has 1 heterocycles. The number of aliphatic hydroxyl groups is 2. The molecule has 0 bridgehead atoms. The summed E-state index contributed by atoms with van der Waals surface area (Å²) in [5.74, 6) is 0.400. The Morgan fingerprint density at radius 2 is 1.85 bits per heavy atom. The summed E-state index contributed by atoms with van der Waals surface area (Å²) in [6.45, 7) is 8.88. The summed E-state index contributed by atoms with van der Waals surface area (Å²) in [5, 5.41) is 24.7. The Labute approximate surface area is 126 Å². The first-order chi connectivity index (χ1) is 9.42. The number of nitrogens with zero attached hydrogens (tertiary/aromatic N) is 2. The SMILES string of the molecule is CCc1nn(CC)c(CC(CO)(CO)CC(C)C)c1Cl. The zero-order valence-electron chi connectivity index (χ0n) is 13.0. The molecule has 0 atom stereocenters. The van der Waals surface area contributed by atoms with Crippen molar-refractivity contribution in [1.82, 2.24) is 9.78 Å². The molecule has 5 heteroatoms. The number of hydrogen-bond acceptors (Lipinski definition) is 3. The van der Waals surface area contributed by atoms with Crippen molar-refractivity contribution in [3.8, 4) is 0 Å². The van der Waals surface area contributed by atoms with Gasteiger partial charge in [0.2, 0.25) is 0 Å². The number of aromatic nitrogens is 2. The Balaban J connectivity index is 3.13. The van der Waals surface area contributed by atoms with Crippen LogP contribution in [0.2, 0.25) is 5.02 Å². The van der Waals surface area contributed by atoms with Gasteiger partial charge in [-0.2, -0.15) is 5.10 Å². The Hall–Kier alpha value is -0.580. The maximum Gasteiger partial charge on any atom is 0.0850 e. The van der Waals surface area contributed by atoms with Crippen molar-refractivity contribution >= 4 is 11.6 Å². The Kier molecular flexibility index (Phi) is 6.49. The normalized spacial score (nSPS) is 12.4. The van der Waals surface area contributed by atoms with Crippen LogP contribution < -0.4 is 0 Å². The minimum Gasteiger partial charge on any atom is -0.396 e. The minimum absolute atomic E-state index is 0.0473. The molecule has 2 N–H and O–H groups in total. The van der Waals surface area contributed by atoms with E-state index in [9.17, 15) is 10.2 Å². The van der Waals surface area contributed by atoms with Gasteiger partial charge in [0.1, 0.15) is 0 Å². The fourth-order valence-electron chi connectivity index (χ4n) is 2.77. The molecule has 4 nitrogen and oxygen atoms in total. The molecule has 0 aliphatic rings. The minimum atomic E-state index is -0.532. The predicted molar refractivity (Wildman–Crippen MR) is 82.1 cm³/mol. The van der Waals surface area contributed by atoms with Crippen LogP contribution in [0, 0.1) is 11.3 Å². The average molecular weight is 303 g/mol. The van der Waals surface area contributed by atoms with Crippen LogP contribution in [0.4, 0.5) is 0 Å².